The number of piperidine rings is 1. The van der Waals surface area contributed by atoms with E-state index in [4.69, 9.17) is 0 Å². The van der Waals surface area contributed by atoms with Crippen LogP contribution in [0.4, 0.5) is 0 Å². The number of nitrogens with one attached hydrogen (secondary N) is 1. The monoisotopic (exact) mass is 345 g/mol. The highest BCUT2D eigenvalue weighted by atomic mass is 16.2. The van der Waals surface area contributed by atoms with Gasteiger partial charge in [0.25, 0.3) is 0 Å². The Morgan fingerprint density at radius 1 is 1.48 bits per heavy atom. The first kappa shape index (κ1) is 17.3. The van der Waals surface area contributed by atoms with Crippen LogP contribution in [0, 0.1) is 5.92 Å². The standard InChI is InChI=1S/C17H25N7O.H2/c1-18-9-16-13-24(21-20-16)12-15-4-3-7-23(11-15)17(25)6-5-14-8-19-22(2)10-14;/h5-6,8,10,13,15,18H,3-4,7,9,11-12H2,1-2H3;1H/b6-5+;/t15-;/m1./s1. The van der Waals surface area contributed by atoms with Crippen LogP contribution in [-0.4, -0.2) is 55.7 Å². The summed E-state index contributed by atoms with van der Waals surface area (Å²) in [5.41, 5.74) is 1.87. The third-order valence-corrected chi connectivity index (χ3v) is 4.36. The van der Waals surface area contributed by atoms with Crippen LogP contribution in [0.15, 0.2) is 24.7 Å². The number of carbonyl (C=O) groups excluding carboxylic acids is 1. The third kappa shape index (κ3) is 4.76. The molecule has 0 radical (unpaired) electrons. The molecular formula is C17H27N7O. The van der Waals surface area contributed by atoms with Gasteiger partial charge in [0.1, 0.15) is 0 Å². The molecular weight excluding hydrogens is 318 g/mol. The molecule has 25 heavy (non-hydrogen) atoms. The zero-order chi connectivity index (χ0) is 17.6. The summed E-state index contributed by atoms with van der Waals surface area (Å²) in [7, 11) is 3.75. The minimum absolute atomic E-state index is 0. The molecule has 1 aliphatic rings. The first-order chi connectivity index (χ1) is 12.1. The van der Waals surface area contributed by atoms with Crippen molar-refractivity contribution in [2.24, 2.45) is 13.0 Å². The topological polar surface area (TPSA) is 80.9 Å². The zero-order valence-corrected chi connectivity index (χ0v) is 14.8. The number of nitrogens with zero attached hydrogens (tertiary/aromatic N) is 6. The van der Waals surface area contributed by atoms with Crippen LogP contribution in [0.25, 0.3) is 6.08 Å². The fraction of sp³-hybridized carbons (Fsp3) is 0.529. The van der Waals surface area contributed by atoms with Crippen LogP contribution in [0.2, 0.25) is 0 Å². The van der Waals surface area contributed by atoms with E-state index >= 15 is 0 Å². The van der Waals surface area contributed by atoms with Crippen molar-refractivity contribution < 1.29 is 6.22 Å². The molecule has 1 amide bonds. The molecule has 3 rings (SSSR count). The lowest BCUT2D eigenvalue weighted by Gasteiger charge is -2.32. The van der Waals surface area contributed by atoms with E-state index in [1.807, 2.05) is 42.1 Å². The Kier molecular flexibility index (Phi) is 5.60. The van der Waals surface area contributed by atoms with E-state index in [1.165, 1.54) is 0 Å². The summed E-state index contributed by atoms with van der Waals surface area (Å²) in [6, 6.07) is 0. The van der Waals surface area contributed by atoms with Crippen molar-refractivity contribution >= 4 is 12.0 Å². The predicted molar refractivity (Wildman–Crippen MR) is 96.4 cm³/mol. The van der Waals surface area contributed by atoms with Crippen molar-refractivity contribution in [3.05, 3.63) is 35.9 Å². The van der Waals surface area contributed by atoms with Crippen LogP contribution in [0.3, 0.4) is 0 Å². The second-order valence-corrected chi connectivity index (χ2v) is 6.54. The summed E-state index contributed by atoms with van der Waals surface area (Å²) in [5.74, 6) is 0.469. The third-order valence-electron chi connectivity index (χ3n) is 4.36. The quantitative estimate of drug-likeness (QED) is 0.788. The molecule has 2 aromatic heterocycles. The highest BCUT2D eigenvalue weighted by Crippen LogP contribution is 2.18. The lowest BCUT2D eigenvalue weighted by atomic mass is 9.98. The highest BCUT2D eigenvalue weighted by Gasteiger charge is 2.23. The Bertz CT molecular complexity index is 739. The van der Waals surface area contributed by atoms with E-state index in [0.717, 1.165) is 43.7 Å². The van der Waals surface area contributed by atoms with Gasteiger partial charge in [0.15, 0.2) is 0 Å². The average molecular weight is 345 g/mol. The summed E-state index contributed by atoms with van der Waals surface area (Å²) in [5, 5.41) is 15.5. The number of rotatable bonds is 6. The Hall–Kier alpha value is -2.48. The van der Waals surface area contributed by atoms with Crippen LogP contribution in [0.5, 0.6) is 0 Å². The van der Waals surface area contributed by atoms with Gasteiger partial charge < -0.3 is 10.2 Å². The second-order valence-electron chi connectivity index (χ2n) is 6.54. The Morgan fingerprint density at radius 2 is 2.36 bits per heavy atom. The lowest BCUT2D eigenvalue weighted by Crippen LogP contribution is -2.40. The lowest BCUT2D eigenvalue weighted by molar-refractivity contribution is -0.127. The Labute approximate surface area is 149 Å². The van der Waals surface area contributed by atoms with E-state index in [1.54, 1.807) is 17.0 Å². The minimum atomic E-state index is 0. The van der Waals surface area contributed by atoms with E-state index in [-0.39, 0.29) is 7.33 Å². The summed E-state index contributed by atoms with van der Waals surface area (Å²) >= 11 is 0. The van der Waals surface area contributed by atoms with Crippen LogP contribution in [-0.2, 0) is 24.9 Å². The molecule has 136 valence electrons. The largest absolute Gasteiger partial charge is 0.339 e. The van der Waals surface area contributed by atoms with Crippen LogP contribution < -0.4 is 5.32 Å². The molecule has 1 atom stereocenters. The number of hydrogen-bond acceptors (Lipinski definition) is 5. The summed E-state index contributed by atoms with van der Waals surface area (Å²) in [6.45, 7) is 3.09. The van der Waals surface area contributed by atoms with Crippen molar-refractivity contribution in [3.8, 4) is 0 Å². The number of amides is 1. The molecule has 0 aromatic carbocycles. The van der Waals surface area contributed by atoms with Gasteiger partial charge in [-0.1, -0.05) is 5.21 Å². The van der Waals surface area contributed by atoms with E-state index in [9.17, 15) is 4.79 Å². The van der Waals surface area contributed by atoms with Crippen molar-refractivity contribution in [2.75, 3.05) is 20.1 Å². The molecule has 0 saturated carbocycles. The van der Waals surface area contributed by atoms with Gasteiger partial charge in [0.05, 0.1) is 11.9 Å². The molecule has 1 N–H and O–H groups in total. The maximum Gasteiger partial charge on any atom is 0.246 e. The Morgan fingerprint density at radius 3 is 3.12 bits per heavy atom. The highest BCUT2D eigenvalue weighted by molar-refractivity contribution is 5.91. The van der Waals surface area contributed by atoms with Gasteiger partial charge in [-0.05, 0) is 31.9 Å². The van der Waals surface area contributed by atoms with Crippen molar-refractivity contribution in [3.63, 3.8) is 0 Å². The number of aryl methyl sites for hydroxylation is 1. The van der Waals surface area contributed by atoms with E-state index in [0.29, 0.717) is 12.5 Å². The maximum atomic E-state index is 12.4. The van der Waals surface area contributed by atoms with Crippen LogP contribution >= 0.6 is 0 Å². The summed E-state index contributed by atoms with van der Waals surface area (Å²) in [4.78, 5) is 14.4. The average Bonchev–Trinajstić information content (AvgIpc) is 3.22. The maximum absolute atomic E-state index is 12.4. The molecule has 3 heterocycles. The molecule has 8 heteroatoms. The van der Waals surface area contributed by atoms with Gasteiger partial charge in [-0.25, -0.2) is 0 Å². The molecule has 0 aliphatic carbocycles. The van der Waals surface area contributed by atoms with Gasteiger partial charge >= 0.3 is 0 Å². The molecule has 1 fully saturated rings. The molecule has 1 saturated heterocycles. The molecule has 2 aromatic rings. The number of aromatic nitrogens is 5. The molecule has 0 unspecified atom stereocenters. The first-order valence-corrected chi connectivity index (χ1v) is 8.63. The minimum Gasteiger partial charge on any atom is -0.339 e. The zero-order valence-electron chi connectivity index (χ0n) is 14.8. The van der Waals surface area contributed by atoms with Gasteiger partial charge in [0, 0.05) is 58.7 Å². The fourth-order valence-corrected chi connectivity index (χ4v) is 3.17. The van der Waals surface area contributed by atoms with Crippen molar-refractivity contribution in [1.29, 1.82) is 0 Å². The van der Waals surface area contributed by atoms with Gasteiger partial charge in [-0.2, -0.15) is 5.10 Å². The number of likely N-dealkylation sites (tertiary alicyclic amines) is 1. The first-order valence-electron chi connectivity index (χ1n) is 8.63. The summed E-state index contributed by atoms with van der Waals surface area (Å²) < 4.78 is 3.61. The smallest absolute Gasteiger partial charge is 0.246 e. The molecule has 0 spiro atoms. The summed E-state index contributed by atoms with van der Waals surface area (Å²) in [6.07, 6.45) is 11.2. The van der Waals surface area contributed by atoms with E-state index < -0.39 is 0 Å². The van der Waals surface area contributed by atoms with E-state index in [2.05, 4.69) is 20.7 Å². The van der Waals surface area contributed by atoms with Crippen LogP contribution in [0.1, 0.15) is 25.5 Å². The second kappa shape index (κ2) is 8.06. The van der Waals surface area contributed by atoms with Crippen molar-refractivity contribution in [2.45, 2.75) is 25.9 Å². The fourth-order valence-electron chi connectivity index (χ4n) is 3.17. The molecule has 0 bridgehead atoms. The Balaban J connectivity index is 0.00000243. The number of carbonyl (C=O) groups is 1. The number of hydrogen-bond donors (Lipinski definition) is 1. The normalized spacial score (nSPS) is 18.2. The van der Waals surface area contributed by atoms with Gasteiger partial charge in [-0.15, -0.1) is 5.10 Å². The SMILES string of the molecule is CNCc1cn(C[C@@H]2CCCN(C(=O)/C=C/c3cnn(C)c3)C2)nn1.[HH]. The predicted octanol–water partition coefficient (Wildman–Crippen LogP) is 0.929. The molecule has 1 aliphatic heterocycles. The van der Waals surface area contributed by atoms with Gasteiger partial charge in [-0.3, -0.25) is 14.2 Å². The van der Waals surface area contributed by atoms with Crippen molar-refractivity contribution in [1.82, 2.24) is 35.0 Å². The van der Waals surface area contributed by atoms with Gasteiger partial charge in [0.2, 0.25) is 5.91 Å². The molecule has 8 nitrogen and oxygen atoms in total.